The van der Waals surface area contributed by atoms with Gasteiger partial charge < -0.3 is 19.5 Å². The van der Waals surface area contributed by atoms with Crippen LogP contribution in [0.1, 0.15) is 27.9 Å². The van der Waals surface area contributed by atoms with Crippen LogP contribution in [0.25, 0.3) is 0 Å². The van der Waals surface area contributed by atoms with Crippen LogP contribution in [0.15, 0.2) is 76.0 Å². The molecule has 0 bridgehead atoms. The zero-order valence-electron chi connectivity index (χ0n) is 16.5. The molecule has 2 aromatic heterocycles. The Morgan fingerprint density at radius 3 is 2.31 bits per heavy atom. The van der Waals surface area contributed by atoms with Gasteiger partial charge >= 0.3 is 0 Å². The van der Waals surface area contributed by atoms with E-state index in [-0.39, 0.29) is 17.7 Å². The number of carbonyl (C=O) groups is 2. The zero-order chi connectivity index (χ0) is 20.6. The Balaban J connectivity index is 1.70. The molecule has 29 heavy (non-hydrogen) atoms. The van der Waals surface area contributed by atoms with Crippen LogP contribution in [0.5, 0.6) is 0 Å². The molecule has 0 aliphatic heterocycles. The summed E-state index contributed by atoms with van der Waals surface area (Å²) in [6, 6.07) is 15.6. The number of hydrogen-bond donors (Lipinski definition) is 2. The van der Waals surface area contributed by atoms with Crippen LogP contribution in [-0.4, -0.2) is 43.4 Å². The van der Waals surface area contributed by atoms with Gasteiger partial charge in [0.15, 0.2) is 5.76 Å². The van der Waals surface area contributed by atoms with Gasteiger partial charge in [-0.15, -0.1) is 0 Å². The van der Waals surface area contributed by atoms with E-state index in [1.54, 1.807) is 18.4 Å². The summed E-state index contributed by atoms with van der Waals surface area (Å²) in [4.78, 5) is 27.3. The van der Waals surface area contributed by atoms with Gasteiger partial charge in [0.05, 0.1) is 18.6 Å². The molecule has 0 spiro atoms. The van der Waals surface area contributed by atoms with Crippen molar-refractivity contribution in [2.24, 2.45) is 0 Å². The van der Waals surface area contributed by atoms with Crippen molar-refractivity contribution in [1.82, 2.24) is 15.5 Å². The Morgan fingerprint density at radius 1 is 0.966 bits per heavy atom. The lowest BCUT2D eigenvalue weighted by atomic mass is 10.0. The molecule has 2 amide bonds. The Labute approximate surface area is 169 Å². The van der Waals surface area contributed by atoms with Gasteiger partial charge in [0, 0.05) is 13.0 Å². The van der Waals surface area contributed by atoms with Gasteiger partial charge in [-0.3, -0.25) is 14.5 Å². The molecule has 2 atom stereocenters. The monoisotopic (exact) mass is 395 g/mol. The highest BCUT2D eigenvalue weighted by atomic mass is 16.3. The summed E-state index contributed by atoms with van der Waals surface area (Å²) >= 11 is 0. The smallest absolute Gasteiger partial charge is 0.287 e. The average Bonchev–Trinajstić information content (AvgIpc) is 3.42. The van der Waals surface area contributed by atoms with Crippen LogP contribution in [0.4, 0.5) is 0 Å². The molecule has 0 saturated heterocycles. The van der Waals surface area contributed by atoms with Crippen molar-refractivity contribution in [3.05, 3.63) is 84.2 Å². The van der Waals surface area contributed by atoms with Crippen LogP contribution in [0.2, 0.25) is 0 Å². The molecule has 1 aromatic carbocycles. The summed E-state index contributed by atoms with van der Waals surface area (Å²) in [7, 11) is 3.83. The number of likely N-dealkylation sites (N-methyl/N-ethyl adjacent to an activating group) is 1. The molecule has 7 nitrogen and oxygen atoms in total. The molecule has 0 aliphatic rings. The largest absolute Gasteiger partial charge is 0.468 e. The fourth-order valence-corrected chi connectivity index (χ4v) is 3.04. The van der Waals surface area contributed by atoms with E-state index >= 15 is 0 Å². The minimum atomic E-state index is -0.741. The first-order valence-electron chi connectivity index (χ1n) is 9.40. The fourth-order valence-electron chi connectivity index (χ4n) is 3.04. The second kappa shape index (κ2) is 9.75. The number of amides is 2. The highest BCUT2D eigenvalue weighted by molar-refractivity contribution is 5.95. The highest BCUT2D eigenvalue weighted by Crippen LogP contribution is 2.17. The van der Waals surface area contributed by atoms with E-state index in [9.17, 15) is 9.59 Å². The predicted octanol–water partition coefficient (Wildman–Crippen LogP) is 2.63. The van der Waals surface area contributed by atoms with Crippen LogP contribution in [0, 0.1) is 0 Å². The van der Waals surface area contributed by atoms with E-state index in [2.05, 4.69) is 10.6 Å². The normalized spacial score (nSPS) is 13.1. The lowest BCUT2D eigenvalue weighted by Crippen LogP contribution is -2.49. The van der Waals surface area contributed by atoms with Crippen molar-refractivity contribution in [3.8, 4) is 0 Å². The first-order chi connectivity index (χ1) is 14.0. The van der Waals surface area contributed by atoms with Crippen LogP contribution in [0.3, 0.4) is 0 Å². The molecule has 0 fully saturated rings. The number of nitrogens with zero attached hydrogens (tertiary/aromatic N) is 1. The van der Waals surface area contributed by atoms with E-state index in [0.717, 1.165) is 11.3 Å². The Bertz CT molecular complexity index is 890. The maximum absolute atomic E-state index is 12.9. The van der Waals surface area contributed by atoms with Crippen molar-refractivity contribution in [2.75, 3.05) is 20.6 Å². The van der Waals surface area contributed by atoms with Crippen molar-refractivity contribution in [2.45, 2.75) is 18.5 Å². The van der Waals surface area contributed by atoms with Crippen molar-refractivity contribution in [3.63, 3.8) is 0 Å². The first-order valence-corrected chi connectivity index (χ1v) is 9.40. The van der Waals surface area contributed by atoms with Crippen LogP contribution >= 0.6 is 0 Å². The number of hydrogen-bond acceptors (Lipinski definition) is 5. The number of benzene rings is 1. The van der Waals surface area contributed by atoms with Gasteiger partial charge in [-0.25, -0.2) is 0 Å². The number of nitrogens with one attached hydrogen (secondary N) is 2. The molecular formula is C22H25N3O4. The average molecular weight is 395 g/mol. The van der Waals surface area contributed by atoms with E-state index < -0.39 is 11.9 Å². The summed E-state index contributed by atoms with van der Waals surface area (Å²) in [6.45, 7) is 0.348. The quantitative estimate of drug-likeness (QED) is 0.582. The minimum absolute atomic E-state index is 0.118. The van der Waals surface area contributed by atoms with Crippen molar-refractivity contribution in [1.29, 1.82) is 0 Å². The predicted molar refractivity (Wildman–Crippen MR) is 108 cm³/mol. The van der Waals surface area contributed by atoms with E-state index in [4.69, 9.17) is 8.83 Å². The summed E-state index contributed by atoms with van der Waals surface area (Å²) in [5.74, 6) is 0.223. The van der Waals surface area contributed by atoms with Crippen LogP contribution < -0.4 is 10.6 Å². The topological polar surface area (TPSA) is 87.7 Å². The van der Waals surface area contributed by atoms with Crippen molar-refractivity contribution >= 4 is 11.8 Å². The fraction of sp³-hybridized carbons (Fsp3) is 0.273. The number of rotatable bonds is 9. The third-order valence-electron chi connectivity index (χ3n) is 4.61. The molecule has 0 unspecified atom stereocenters. The third-order valence-corrected chi connectivity index (χ3v) is 4.61. The molecule has 2 N–H and O–H groups in total. The molecule has 0 radical (unpaired) electrons. The molecule has 0 saturated carbocycles. The van der Waals surface area contributed by atoms with Gasteiger partial charge in [-0.2, -0.15) is 0 Å². The molecule has 7 heteroatoms. The molecule has 2 heterocycles. The summed E-state index contributed by atoms with van der Waals surface area (Å²) in [6.07, 6.45) is 3.40. The second-order valence-corrected chi connectivity index (χ2v) is 6.93. The van der Waals surface area contributed by atoms with Crippen LogP contribution in [-0.2, 0) is 11.2 Å². The summed E-state index contributed by atoms with van der Waals surface area (Å²) in [5.41, 5.74) is 0.947. The Morgan fingerprint density at radius 2 is 1.69 bits per heavy atom. The van der Waals surface area contributed by atoms with E-state index in [1.807, 2.05) is 61.5 Å². The maximum Gasteiger partial charge on any atom is 0.287 e. The summed E-state index contributed by atoms with van der Waals surface area (Å²) < 4.78 is 10.6. The molecule has 0 aliphatic carbocycles. The summed E-state index contributed by atoms with van der Waals surface area (Å²) in [5, 5.41) is 5.71. The second-order valence-electron chi connectivity index (χ2n) is 6.93. The third kappa shape index (κ3) is 5.58. The number of furan rings is 2. The van der Waals surface area contributed by atoms with E-state index in [0.29, 0.717) is 13.0 Å². The van der Waals surface area contributed by atoms with Gasteiger partial charge in [-0.05, 0) is 43.9 Å². The maximum atomic E-state index is 12.9. The Kier molecular flexibility index (Phi) is 6.86. The van der Waals surface area contributed by atoms with Gasteiger partial charge in [0.2, 0.25) is 5.91 Å². The molecule has 152 valence electrons. The highest BCUT2D eigenvalue weighted by Gasteiger charge is 2.25. The lowest BCUT2D eigenvalue weighted by molar-refractivity contribution is -0.123. The van der Waals surface area contributed by atoms with E-state index in [1.165, 1.54) is 6.26 Å². The SMILES string of the molecule is CN(C)[C@H](CNC(=O)[C@H](Cc1ccccc1)NC(=O)c1ccco1)c1ccco1. The first kappa shape index (κ1) is 20.4. The Hall–Kier alpha value is -3.32. The molecule has 3 rings (SSSR count). The minimum Gasteiger partial charge on any atom is -0.468 e. The zero-order valence-corrected chi connectivity index (χ0v) is 16.5. The van der Waals surface area contributed by atoms with Crippen molar-refractivity contribution < 1.29 is 18.4 Å². The van der Waals surface area contributed by atoms with Gasteiger partial charge in [0.25, 0.3) is 5.91 Å². The number of carbonyl (C=O) groups excluding carboxylic acids is 2. The standard InChI is InChI=1S/C22H25N3O4/c1-25(2)18(19-10-6-12-28-19)15-23-21(26)17(14-16-8-4-3-5-9-16)24-22(27)20-11-7-13-29-20/h3-13,17-18H,14-15H2,1-2H3,(H,23,26)(H,24,27)/t17-,18+/m0/s1. The molecule has 3 aromatic rings. The van der Waals surface area contributed by atoms with Gasteiger partial charge in [-0.1, -0.05) is 30.3 Å². The molecular weight excluding hydrogens is 370 g/mol. The lowest BCUT2D eigenvalue weighted by Gasteiger charge is -2.24. The van der Waals surface area contributed by atoms with Gasteiger partial charge in [0.1, 0.15) is 11.8 Å².